The maximum absolute atomic E-state index is 10.8. The van der Waals surface area contributed by atoms with Crippen LogP contribution >= 0.6 is 0 Å². The lowest BCUT2D eigenvalue weighted by Gasteiger charge is -2.29. The zero-order chi connectivity index (χ0) is 11.5. The number of carboxylic acids is 1. The number of hydrogen-bond donors (Lipinski definition) is 2. The summed E-state index contributed by atoms with van der Waals surface area (Å²) in [6.07, 6.45) is 3.67. The summed E-state index contributed by atoms with van der Waals surface area (Å²) in [5, 5.41) is 12.4. The fourth-order valence-electron chi connectivity index (χ4n) is 2.00. The summed E-state index contributed by atoms with van der Waals surface area (Å²) < 4.78 is 0. The molecular formula is C12H23NO2. The highest BCUT2D eigenvalue weighted by Crippen LogP contribution is 2.25. The van der Waals surface area contributed by atoms with E-state index >= 15 is 0 Å². The summed E-state index contributed by atoms with van der Waals surface area (Å²) in [6.45, 7) is 7.64. The first kappa shape index (κ1) is 12.5. The van der Waals surface area contributed by atoms with Crippen LogP contribution in [0.25, 0.3) is 0 Å². The van der Waals surface area contributed by atoms with Gasteiger partial charge in [0.25, 0.3) is 0 Å². The molecule has 0 spiro atoms. The molecule has 3 heteroatoms. The minimum atomic E-state index is -0.621. The van der Waals surface area contributed by atoms with Crippen LogP contribution in [0.15, 0.2) is 0 Å². The van der Waals surface area contributed by atoms with Gasteiger partial charge in [-0.25, -0.2) is 0 Å². The first-order valence-corrected chi connectivity index (χ1v) is 5.85. The SMILES string of the molecule is CC(C)(C)CNC1CCC(C(=O)O)CC1. The smallest absolute Gasteiger partial charge is 0.306 e. The van der Waals surface area contributed by atoms with Gasteiger partial charge < -0.3 is 10.4 Å². The average molecular weight is 213 g/mol. The number of nitrogens with one attached hydrogen (secondary N) is 1. The molecule has 0 amide bonds. The Bertz CT molecular complexity index is 212. The van der Waals surface area contributed by atoms with Crippen molar-refractivity contribution in [1.29, 1.82) is 0 Å². The maximum Gasteiger partial charge on any atom is 0.306 e. The van der Waals surface area contributed by atoms with Crippen LogP contribution in [-0.4, -0.2) is 23.7 Å². The second-order valence-corrected chi connectivity index (χ2v) is 5.83. The van der Waals surface area contributed by atoms with Crippen LogP contribution < -0.4 is 5.32 Å². The van der Waals surface area contributed by atoms with E-state index < -0.39 is 5.97 Å². The molecule has 0 aromatic carbocycles. The van der Waals surface area contributed by atoms with Crippen LogP contribution in [0.2, 0.25) is 0 Å². The third-order valence-corrected chi connectivity index (χ3v) is 3.00. The van der Waals surface area contributed by atoms with Gasteiger partial charge in [0.15, 0.2) is 0 Å². The first-order chi connectivity index (χ1) is 6.88. The molecule has 1 aliphatic carbocycles. The Morgan fingerprint density at radius 1 is 1.27 bits per heavy atom. The van der Waals surface area contributed by atoms with Crippen molar-refractivity contribution in [3.8, 4) is 0 Å². The lowest BCUT2D eigenvalue weighted by atomic mass is 9.85. The number of rotatable bonds is 3. The molecule has 0 heterocycles. The second-order valence-electron chi connectivity index (χ2n) is 5.83. The molecule has 15 heavy (non-hydrogen) atoms. The largest absolute Gasteiger partial charge is 0.481 e. The van der Waals surface area contributed by atoms with E-state index in [9.17, 15) is 4.79 Å². The lowest BCUT2D eigenvalue weighted by Crippen LogP contribution is -2.39. The molecule has 3 nitrogen and oxygen atoms in total. The van der Waals surface area contributed by atoms with Crippen molar-refractivity contribution in [2.75, 3.05) is 6.54 Å². The molecule has 2 N–H and O–H groups in total. The minimum absolute atomic E-state index is 0.0994. The topological polar surface area (TPSA) is 49.3 Å². The fourth-order valence-corrected chi connectivity index (χ4v) is 2.00. The molecule has 0 bridgehead atoms. The van der Waals surface area contributed by atoms with Gasteiger partial charge in [-0.2, -0.15) is 0 Å². The molecule has 0 aliphatic heterocycles. The van der Waals surface area contributed by atoms with Crippen LogP contribution in [-0.2, 0) is 4.79 Å². The molecule has 1 saturated carbocycles. The molecule has 88 valence electrons. The van der Waals surface area contributed by atoms with Gasteiger partial charge in [-0.3, -0.25) is 4.79 Å². The quantitative estimate of drug-likeness (QED) is 0.756. The van der Waals surface area contributed by atoms with E-state index in [-0.39, 0.29) is 5.92 Å². The highest BCUT2D eigenvalue weighted by atomic mass is 16.4. The van der Waals surface area contributed by atoms with Gasteiger partial charge in [0, 0.05) is 12.6 Å². The van der Waals surface area contributed by atoms with Crippen molar-refractivity contribution < 1.29 is 9.90 Å². The molecule has 0 saturated heterocycles. The Morgan fingerprint density at radius 2 is 1.80 bits per heavy atom. The van der Waals surface area contributed by atoms with E-state index in [1.807, 2.05) is 0 Å². The molecule has 0 aromatic rings. The third kappa shape index (κ3) is 4.65. The van der Waals surface area contributed by atoms with Crippen LogP contribution in [0.5, 0.6) is 0 Å². The van der Waals surface area contributed by atoms with Crippen molar-refractivity contribution >= 4 is 5.97 Å². The summed E-state index contributed by atoms with van der Waals surface area (Å²) >= 11 is 0. The van der Waals surface area contributed by atoms with Gasteiger partial charge in [-0.15, -0.1) is 0 Å². The third-order valence-electron chi connectivity index (χ3n) is 3.00. The summed E-state index contributed by atoms with van der Waals surface area (Å²) in [7, 11) is 0. The fraction of sp³-hybridized carbons (Fsp3) is 0.917. The number of carboxylic acid groups (broad SMARTS) is 1. The Labute approximate surface area is 92.3 Å². The zero-order valence-electron chi connectivity index (χ0n) is 10.0. The summed E-state index contributed by atoms with van der Waals surface area (Å²) in [5.74, 6) is -0.720. The normalized spacial score (nSPS) is 27.7. The van der Waals surface area contributed by atoms with Gasteiger partial charge in [0.05, 0.1) is 5.92 Å². The summed E-state index contributed by atoms with van der Waals surface area (Å²) in [6, 6.07) is 0.528. The maximum atomic E-state index is 10.8. The van der Waals surface area contributed by atoms with Crippen LogP contribution in [0.3, 0.4) is 0 Å². The first-order valence-electron chi connectivity index (χ1n) is 5.85. The van der Waals surface area contributed by atoms with E-state index in [0.29, 0.717) is 11.5 Å². The standard InChI is InChI=1S/C12H23NO2/c1-12(2,3)8-13-10-6-4-9(5-7-10)11(14)15/h9-10,13H,4-8H2,1-3H3,(H,14,15). The zero-order valence-corrected chi connectivity index (χ0v) is 10.0. The van der Waals surface area contributed by atoms with Gasteiger partial charge in [0.1, 0.15) is 0 Å². The van der Waals surface area contributed by atoms with Crippen LogP contribution in [0.1, 0.15) is 46.5 Å². The van der Waals surface area contributed by atoms with Gasteiger partial charge in [-0.05, 0) is 31.1 Å². The molecule has 0 atom stereocenters. The number of carbonyl (C=O) groups is 1. The molecule has 1 fully saturated rings. The lowest BCUT2D eigenvalue weighted by molar-refractivity contribution is -0.142. The van der Waals surface area contributed by atoms with Crippen molar-refractivity contribution in [1.82, 2.24) is 5.32 Å². The Balaban J connectivity index is 2.23. The van der Waals surface area contributed by atoms with E-state index in [1.54, 1.807) is 0 Å². The predicted molar refractivity (Wildman–Crippen MR) is 60.8 cm³/mol. The van der Waals surface area contributed by atoms with E-state index in [1.165, 1.54) is 0 Å². The van der Waals surface area contributed by atoms with E-state index in [0.717, 1.165) is 32.2 Å². The van der Waals surface area contributed by atoms with E-state index in [4.69, 9.17) is 5.11 Å². The van der Waals surface area contributed by atoms with Crippen molar-refractivity contribution in [3.05, 3.63) is 0 Å². The Hall–Kier alpha value is -0.570. The Kier molecular flexibility index (Phi) is 4.14. The highest BCUT2D eigenvalue weighted by molar-refractivity contribution is 5.70. The van der Waals surface area contributed by atoms with Gasteiger partial charge in [-0.1, -0.05) is 20.8 Å². The minimum Gasteiger partial charge on any atom is -0.481 e. The van der Waals surface area contributed by atoms with Crippen molar-refractivity contribution in [2.24, 2.45) is 11.3 Å². The monoisotopic (exact) mass is 213 g/mol. The summed E-state index contributed by atoms with van der Waals surface area (Å²) in [4.78, 5) is 10.8. The average Bonchev–Trinajstić information content (AvgIpc) is 2.14. The van der Waals surface area contributed by atoms with Crippen LogP contribution in [0.4, 0.5) is 0 Å². The molecule has 0 unspecified atom stereocenters. The predicted octanol–water partition coefficient (Wildman–Crippen LogP) is 2.27. The highest BCUT2D eigenvalue weighted by Gasteiger charge is 2.26. The molecule has 0 radical (unpaired) electrons. The molecule has 1 aliphatic rings. The number of aliphatic carboxylic acids is 1. The molecular weight excluding hydrogens is 190 g/mol. The van der Waals surface area contributed by atoms with E-state index in [2.05, 4.69) is 26.1 Å². The van der Waals surface area contributed by atoms with Crippen molar-refractivity contribution in [2.45, 2.75) is 52.5 Å². The van der Waals surface area contributed by atoms with Crippen LogP contribution in [0, 0.1) is 11.3 Å². The second kappa shape index (κ2) is 4.97. The summed E-state index contributed by atoms with van der Waals surface area (Å²) in [5.41, 5.74) is 0.309. The molecule has 0 aromatic heterocycles. The van der Waals surface area contributed by atoms with Gasteiger partial charge in [0.2, 0.25) is 0 Å². The van der Waals surface area contributed by atoms with Crippen molar-refractivity contribution in [3.63, 3.8) is 0 Å². The number of hydrogen-bond acceptors (Lipinski definition) is 2. The van der Waals surface area contributed by atoms with Gasteiger partial charge >= 0.3 is 5.97 Å². The Morgan fingerprint density at radius 3 is 2.20 bits per heavy atom. The molecule has 1 rings (SSSR count).